The molecule has 3 N–H and O–H groups in total. The number of hydrogen-bond acceptors (Lipinski definition) is 2. The van der Waals surface area contributed by atoms with Crippen molar-refractivity contribution >= 4 is 33.6 Å². The standard InChI is InChI=1S/C15H19BrN2O3/c1-9(2)15(3-4-15)8-17-14(21)18-12-6-10(13(19)20)5-11(16)7-12/h5-7,9H,3-4,8H2,1-2H3,(H,19,20)(H2,17,18,21). The number of halogens is 1. The van der Waals surface area contributed by atoms with Gasteiger partial charge in [0.2, 0.25) is 0 Å². The fraction of sp³-hybridized carbons (Fsp3) is 0.467. The molecule has 6 heteroatoms. The van der Waals surface area contributed by atoms with Crippen molar-refractivity contribution in [2.24, 2.45) is 11.3 Å². The van der Waals surface area contributed by atoms with Gasteiger partial charge >= 0.3 is 12.0 Å². The zero-order valence-electron chi connectivity index (χ0n) is 12.1. The fourth-order valence-electron chi connectivity index (χ4n) is 2.34. The van der Waals surface area contributed by atoms with Crippen molar-refractivity contribution < 1.29 is 14.7 Å². The molecule has 0 spiro atoms. The normalized spacial score (nSPS) is 15.6. The van der Waals surface area contributed by atoms with E-state index in [-0.39, 0.29) is 17.0 Å². The largest absolute Gasteiger partial charge is 0.478 e. The number of amides is 2. The molecule has 0 heterocycles. The number of aromatic carboxylic acids is 1. The van der Waals surface area contributed by atoms with E-state index in [1.807, 2.05) is 0 Å². The van der Waals surface area contributed by atoms with Gasteiger partial charge in [-0.15, -0.1) is 0 Å². The molecule has 0 saturated heterocycles. The molecule has 114 valence electrons. The number of carbonyl (C=O) groups is 2. The van der Waals surface area contributed by atoms with Crippen LogP contribution in [0.4, 0.5) is 10.5 Å². The maximum Gasteiger partial charge on any atom is 0.335 e. The van der Waals surface area contributed by atoms with Crippen molar-refractivity contribution in [1.29, 1.82) is 0 Å². The molecule has 0 bridgehead atoms. The van der Waals surface area contributed by atoms with Crippen LogP contribution in [-0.4, -0.2) is 23.7 Å². The van der Waals surface area contributed by atoms with Crippen molar-refractivity contribution in [2.45, 2.75) is 26.7 Å². The molecule has 21 heavy (non-hydrogen) atoms. The maximum atomic E-state index is 11.9. The van der Waals surface area contributed by atoms with Crippen LogP contribution in [0.5, 0.6) is 0 Å². The predicted octanol–water partition coefficient (Wildman–Crippen LogP) is 3.71. The Labute approximate surface area is 132 Å². The summed E-state index contributed by atoms with van der Waals surface area (Å²) in [6.07, 6.45) is 2.29. The second kappa shape index (κ2) is 6.05. The van der Waals surface area contributed by atoms with Crippen LogP contribution in [0.3, 0.4) is 0 Å². The molecule has 0 aliphatic heterocycles. The second-order valence-corrected chi connectivity index (χ2v) is 6.77. The van der Waals surface area contributed by atoms with E-state index in [0.29, 0.717) is 22.6 Å². The molecule has 0 radical (unpaired) electrons. The average molecular weight is 355 g/mol. The van der Waals surface area contributed by atoms with Crippen LogP contribution in [0.1, 0.15) is 37.0 Å². The molecule has 0 aromatic heterocycles. The minimum Gasteiger partial charge on any atom is -0.478 e. The number of hydrogen-bond donors (Lipinski definition) is 3. The second-order valence-electron chi connectivity index (χ2n) is 5.86. The number of nitrogens with one attached hydrogen (secondary N) is 2. The van der Waals surface area contributed by atoms with E-state index in [1.54, 1.807) is 6.07 Å². The van der Waals surface area contributed by atoms with E-state index in [2.05, 4.69) is 40.4 Å². The van der Waals surface area contributed by atoms with Crippen LogP contribution in [0.25, 0.3) is 0 Å². The van der Waals surface area contributed by atoms with Gasteiger partial charge in [-0.1, -0.05) is 29.8 Å². The van der Waals surface area contributed by atoms with Gasteiger partial charge in [-0.2, -0.15) is 0 Å². The van der Waals surface area contributed by atoms with Gasteiger partial charge in [0.05, 0.1) is 5.56 Å². The highest BCUT2D eigenvalue weighted by atomic mass is 79.9. The Morgan fingerprint density at radius 3 is 2.52 bits per heavy atom. The third-order valence-electron chi connectivity index (χ3n) is 4.12. The first kappa shape index (κ1) is 15.8. The fourth-order valence-corrected chi connectivity index (χ4v) is 2.83. The molecule has 1 aliphatic carbocycles. The van der Waals surface area contributed by atoms with Gasteiger partial charge in [0.25, 0.3) is 0 Å². The molecule has 1 aliphatic rings. The van der Waals surface area contributed by atoms with Gasteiger partial charge in [0.1, 0.15) is 0 Å². The SMILES string of the molecule is CC(C)C1(CNC(=O)Nc2cc(Br)cc(C(=O)O)c2)CC1. The smallest absolute Gasteiger partial charge is 0.335 e. The quantitative estimate of drug-likeness (QED) is 0.754. The summed E-state index contributed by atoms with van der Waals surface area (Å²) >= 11 is 3.24. The van der Waals surface area contributed by atoms with E-state index in [0.717, 1.165) is 12.8 Å². The Kier molecular flexibility index (Phi) is 4.56. The lowest BCUT2D eigenvalue weighted by Gasteiger charge is -2.20. The third-order valence-corrected chi connectivity index (χ3v) is 4.58. The lowest BCUT2D eigenvalue weighted by molar-refractivity contribution is 0.0697. The molecule has 0 unspecified atom stereocenters. The summed E-state index contributed by atoms with van der Waals surface area (Å²) in [4.78, 5) is 22.9. The Hall–Kier alpha value is -1.56. The monoisotopic (exact) mass is 354 g/mol. The first-order chi connectivity index (χ1) is 9.82. The van der Waals surface area contributed by atoms with E-state index in [1.165, 1.54) is 12.1 Å². The van der Waals surface area contributed by atoms with Crippen LogP contribution in [0.2, 0.25) is 0 Å². The molecule has 1 aromatic carbocycles. The number of carboxylic acid groups (broad SMARTS) is 1. The summed E-state index contributed by atoms with van der Waals surface area (Å²) in [5.41, 5.74) is 0.815. The third kappa shape index (κ3) is 3.97. The van der Waals surface area contributed by atoms with Crippen LogP contribution < -0.4 is 10.6 Å². The lowest BCUT2D eigenvalue weighted by Crippen LogP contribution is -2.35. The highest BCUT2D eigenvalue weighted by Crippen LogP contribution is 2.51. The number of anilines is 1. The van der Waals surface area contributed by atoms with Crippen molar-refractivity contribution in [2.75, 3.05) is 11.9 Å². The summed E-state index contributed by atoms with van der Waals surface area (Å²) in [5, 5.41) is 14.5. The first-order valence-electron chi connectivity index (χ1n) is 6.91. The van der Waals surface area contributed by atoms with Crippen molar-refractivity contribution in [3.63, 3.8) is 0 Å². The summed E-state index contributed by atoms with van der Waals surface area (Å²) < 4.78 is 0.610. The van der Waals surface area contributed by atoms with Crippen molar-refractivity contribution in [1.82, 2.24) is 5.32 Å². The molecule has 2 rings (SSSR count). The van der Waals surface area contributed by atoms with Gasteiger partial charge in [0.15, 0.2) is 0 Å². The summed E-state index contributed by atoms with van der Waals surface area (Å²) in [6, 6.07) is 4.28. The van der Waals surface area contributed by atoms with Crippen molar-refractivity contribution in [3.05, 3.63) is 28.2 Å². The maximum absolute atomic E-state index is 11.9. The van der Waals surface area contributed by atoms with Gasteiger partial charge in [0, 0.05) is 16.7 Å². The Morgan fingerprint density at radius 2 is 2.00 bits per heavy atom. The number of carbonyl (C=O) groups excluding carboxylic acids is 1. The highest BCUT2D eigenvalue weighted by Gasteiger charge is 2.45. The van der Waals surface area contributed by atoms with Gasteiger partial charge in [-0.25, -0.2) is 9.59 Å². The predicted molar refractivity (Wildman–Crippen MR) is 84.6 cm³/mol. The average Bonchev–Trinajstić information content (AvgIpc) is 3.16. The van der Waals surface area contributed by atoms with E-state index >= 15 is 0 Å². The summed E-state index contributed by atoms with van der Waals surface area (Å²) in [5.74, 6) is -0.487. The lowest BCUT2D eigenvalue weighted by atomic mass is 9.92. The zero-order chi connectivity index (χ0) is 15.6. The Bertz CT molecular complexity index is 568. The van der Waals surface area contributed by atoms with Gasteiger partial charge in [-0.05, 0) is 42.4 Å². The van der Waals surface area contributed by atoms with E-state index in [4.69, 9.17) is 5.11 Å². The minimum atomic E-state index is -1.03. The molecule has 0 atom stereocenters. The van der Waals surface area contributed by atoms with E-state index in [9.17, 15) is 9.59 Å². The number of rotatable bonds is 5. The van der Waals surface area contributed by atoms with Crippen LogP contribution in [-0.2, 0) is 0 Å². The summed E-state index contributed by atoms with van der Waals surface area (Å²) in [7, 11) is 0. The number of urea groups is 1. The first-order valence-corrected chi connectivity index (χ1v) is 7.70. The minimum absolute atomic E-state index is 0.125. The highest BCUT2D eigenvalue weighted by molar-refractivity contribution is 9.10. The topological polar surface area (TPSA) is 78.4 Å². The molecule has 5 nitrogen and oxygen atoms in total. The van der Waals surface area contributed by atoms with Crippen LogP contribution in [0.15, 0.2) is 22.7 Å². The Morgan fingerprint density at radius 1 is 1.33 bits per heavy atom. The number of benzene rings is 1. The zero-order valence-corrected chi connectivity index (χ0v) is 13.7. The van der Waals surface area contributed by atoms with Crippen LogP contribution >= 0.6 is 15.9 Å². The summed E-state index contributed by atoms with van der Waals surface area (Å²) in [6.45, 7) is 4.98. The van der Waals surface area contributed by atoms with Crippen molar-refractivity contribution in [3.8, 4) is 0 Å². The van der Waals surface area contributed by atoms with Crippen LogP contribution in [0, 0.1) is 11.3 Å². The molecule has 1 saturated carbocycles. The number of carboxylic acids is 1. The molecule has 1 aromatic rings. The van der Waals surface area contributed by atoms with E-state index < -0.39 is 5.97 Å². The molecular weight excluding hydrogens is 336 g/mol. The molecule has 2 amide bonds. The molecular formula is C15H19BrN2O3. The van der Waals surface area contributed by atoms with Gasteiger partial charge in [-0.3, -0.25) is 0 Å². The molecule has 1 fully saturated rings. The van der Waals surface area contributed by atoms with Gasteiger partial charge < -0.3 is 15.7 Å². The Balaban J connectivity index is 1.95.